The molecule has 0 radical (unpaired) electrons. The fourth-order valence-corrected chi connectivity index (χ4v) is 2.45. The number of allylic oxidation sites excluding steroid dienone is 1. The van der Waals surface area contributed by atoms with E-state index in [1.807, 2.05) is 30.3 Å². The van der Waals surface area contributed by atoms with Crippen molar-refractivity contribution in [3.63, 3.8) is 0 Å². The predicted octanol–water partition coefficient (Wildman–Crippen LogP) is 2.81. The van der Waals surface area contributed by atoms with Crippen molar-refractivity contribution in [2.24, 2.45) is 5.41 Å². The number of carbonyl (C=O) groups excluding carboxylic acids is 1. The zero-order valence-corrected chi connectivity index (χ0v) is 10.2. The summed E-state index contributed by atoms with van der Waals surface area (Å²) < 4.78 is 11.3. The largest absolute Gasteiger partial charge is 0.459 e. The van der Waals surface area contributed by atoms with Gasteiger partial charge in [0.05, 0.1) is 5.41 Å². The van der Waals surface area contributed by atoms with Gasteiger partial charge in [-0.1, -0.05) is 36.8 Å². The van der Waals surface area contributed by atoms with Crippen LogP contribution in [0.1, 0.15) is 24.8 Å². The highest BCUT2D eigenvalue weighted by molar-refractivity contribution is 5.65. The molecule has 0 spiro atoms. The second-order valence-corrected chi connectivity index (χ2v) is 4.98. The lowest BCUT2D eigenvalue weighted by atomic mass is 9.69. The molecule has 1 fully saturated rings. The van der Waals surface area contributed by atoms with E-state index in [0.717, 1.165) is 25.5 Å². The molecule has 1 atom stereocenters. The summed E-state index contributed by atoms with van der Waals surface area (Å²) in [5.41, 5.74) is 0.775. The molecule has 3 heteroatoms. The molecule has 0 saturated heterocycles. The van der Waals surface area contributed by atoms with Crippen LogP contribution >= 0.6 is 0 Å². The van der Waals surface area contributed by atoms with Crippen LogP contribution in [0.2, 0.25) is 0 Å². The third-order valence-corrected chi connectivity index (χ3v) is 3.79. The summed E-state index contributed by atoms with van der Waals surface area (Å²) in [6.45, 7) is 0. The molecule has 3 rings (SSSR count). The molecule has 0 bridgehead atoms. The van der Waals surface area contributed by atoms with Gasteiger partial charge in [0.1, 0.15) is 18.3 Å². The zero-order chi connectivity index (χ0) is 12.4. The lowest BCUT2D eigenvalue weighted by Gasteiger charge is -2.36. The van der Waals surface area contributed by atoms with E-state index in [2.05, 4.69) is 0 Å². The minimum atomic E-state index is -0.397. The van der Waals surface area contributed by atoms with E-state index in [1.54, 1.807) is 6.26 Å². The van der Waals surface area contributed by atoms with Crippen molar-refractivity contribution >= 4 is 6.29 Å². The van der Waals surface area contributed by atoms with Crippen LogP contribution in [-0.2, 0) is 20.7 Å². The lowest BCUT2D eigenvalue weighted by molar-refractivity contribution is -0.122. The first-order valence-electron chi connectivity index (χ1n) is 6.35. The normalized spacial score (nSPS) is 24.4. The van der Waals surface area contributed by atoms with Crippen molar-refractivity contribution in [1.29, 1.82) is 0 Å². The second kappa shape index (κ2) is 4.48. The Morgan fingerprint density at radius 2 is 2.06 bits per heavy atom. The van der Waals surface area contributed by atoms with Crippen molar-refractivity contribution < 1.29 is 14.3 Å². The summed E-state index contributed by atoms with van der Waals surface area (Å²) in [6, 6.07) is 10.1. The molecule has 1 aromatic rings. The fourth-order valence-electron chi connectivity index (χ4n) is 2.45. The Morgan fingerprint density at radius 1 is 1.28 bits per heavy atom. The first-order valence-corrected chi connectivity index (χ1v) is 6.35. The topological polar surface area (TPSA) is 35.5 Å². The van der Waals surface area contributed by atoms with Crippen LogP contribution in [0, 0.1) is 5.41 Å². The van der Waals surface area contributed by atoms with E-state index in [-0.39, 0.29) is 6.29 Å². The maximum atomic E-state index is 11.2. The Kier molecular flexibility index (Phi) is 2.82. The molecule has 1 unspecified atom stereocenters. The predicted molar refractivity (Wildman–Crippen MR) is 66.5 cm³/mol. The molecule has 1 saturated carbocycles. The third kappa shape index (κ3) is 1.90. The van der Waals surface area contributed by atoms with Gasteiger partial charge >= 0.3 is 0 Å². The van der Waals surface area contributed by atoms with Gasteiger partial charge in [0.2, 0.25) is 6.29 Å². The first-order chi connectivity index (χ1) is 8.82. The van der Waals surface area contributed by atoms with Crippen LogP contribution in [0.5, 0.6) is 0 Å². The van der Waals surface area contributed by atoms with E-state index in [9.17, 15) is 4.79 Å². The van der Waals surface area contributed by atoms with Gasteiger partial charge in [-0.25, -0.2) is 0 Å². The number of ether oxygens (including phenoxy) is 2. The van der Waals surface area contributed by atoms with Crippen molar-refractivity contribution in [1.82, 2.24) is 0 Å². The highest BCUT2D eigenvalue weighted by Gasteiger charge is 2.45. The van der Waals surface area contributed by atoms with Gasteiger partial charge < -0.3 is 14.3 Å². The van der Waals surface area contributed by atoms with E-state index in [1.165, 1.54) is 5.56 Å². The van der Waals surface area contributed by atoms with Gasteiger partial charge in [-0.2, -0.15) is 0 Å². The van der Waals surface area contributed by atoms with Gasteiger partial charge in [-0.05, 0) is 18.4 Å². The standard InChI is InChI=1S/C15H16O3/c16-11-15(7-4-8-15)13-10-17-14(18-13)9-12-5-2-1-3-6-12/h1-3,5-6,10-11,14H,4,7-9H2. The SMILES string of the molecule is O=CC1(C2=COC(Cc3ccccc3)O2)CCC1. The molecule has 0 aromatic heterocycles. The van der Waals surface area contributed by atoms with Crippen molar-refractivity contribution in [3.05, 3.63) is 47.9 Å². The van der Waals surface area contributed by atoms with Crippen LogP contribution in [0.15, 0.2) is 42.4 Å². The minimum absolute atomic E-state index is 0.292. The summed E-state index contributed by atoms with van der Waals surface area (Å²) in [6.07, 6.45) is 5.89. The average Bonchev–Trinajstić information content (AvgIpc) is 2.79. The van der Waals surface area contributed by atoms with E-state index in [4.69, 9.17) is 9.47 Å². The molecular formula is C15H16O3. The quantitative estimate of drug-likeness (QED) is 0.764. The van der Waals surface area contributed by atoms with Crippen LogP contribution in [0.25, 0.3) is 0 Å². The van der Waals surface area contributed by atoms with E-state index < -0.39 is 5.41 Å². The summed E-state index contributed by atoms with van der Waals surface area (Å²) in [7, 11) is 0. The number of benzene rings is 1. The summed E-state index contributed by atoms with van der Waals surface area (Å²) in [4.78, 5) is 11.2. The molecule has 0 amide bonds. The van der Waals surface area contributed by atoms with Gasteiger partial charge in [0.15, 0.2) is 0 Å². The van der Waals surface area contributed by atoms with Gasteiger partial charge in [-0.3, -0.25) is 0 Å². The third-order valence-electron chi connectivity index (χ3n) is 3.79. The molecule has 1 aliphatic carbocycles. The average molecular weight is 244 g/mol. The first kappa shape index (κ1) is 11.3. The fraction of sp³-hybridized carbons (Fsp3) is 0.400. The number of carbonyl (C=O) groups is 1. The number of hydrogen-bond acceptors (Lipinski definition) is 3. The summed E-state index contributed by atoms with van der Waals surface area (Å²) >= 11 is 0. The van der Waals surface area contributed by atoms with E-state index in [0.29, 0.717) is 12.2 Å². The maximum Gasteiger partial charge on any atom is 0.244 e. The molecule has 1 aromatic carbocycles. The van der Waals surface area contributed by atoms with Crippen molar-refractivity contribution in [3.8, 4) is 0 Å². The lowest BCUT2D eigenvalue weighted by Crippen LogP contribution is -2.34. The smallest absolute Gasteiger partial charge is 0.244 e. The molecule has 2 aliphatic rings. The van der Waals surface area contributed by atoms with Crippen LogP contribution in [0.3, 0.4) is 0 Å². The second-order valence-electron chi connectivity index (χ2n) is 4.98. The highest BCUT2D eigenvalue weighted by Crippen LogP contribution is 2.47. The number of aldehydes is 1. The Morgan fingerprint density at radius 3 is 2.67 bits per heavy atom. The molecular weight excluding hydrogens is 228 g/mol. The Labute approximate surface area is 106 Å². The van der Waals surface area contributed by atoms with Gasteiger partial charge in [0, 0.05) is 6.42 Å². The highest BCUT2D eigenvalue weighted by atomic mass is 16.7. The molecule has 0 N–H and O–H groups in total. The molecule has 18 heavy (non-hydrogen) atoms. The monoisotopic (exact) mass is 244 g/mol. The molecule has 94 valence electrons. The van der Waals surface area contributed by atoms with Crippen LogP contribution < -0.4 is 0 Å². The van der Waals surface area contributed by atoms with Crippen LogP contribution in [0.4, 0.5) is 0 Å². The van der Waals surface area contributed by atoms with Gasteiger partial charge in [0.25, 0.3) is 0 Å². The Balaban J connectivity index is 1.63. The maximum absolute atomic E-state index is 11.2. The van der Waals surface area contributed by atoms with Crippen molar-refractivity contribution in [2.45, 2.75) is 32.0 Å². The molecule has 1 aliphatic heterocycles. The minimum Gasteiger partial charge on any atom is -0.459 e. The number of hydrogen-bond donors (Lipinski definition) is 0. The zero-order valence-electron chi connectivity index (χ0n) is 10.2. The molecule has 3 nitrogen and oxygen atoms in total. The molecule has 1 heterocycles. The van der Waals surface area contributed by atoms with Gasteiger partial charge in [-0.15, -0.1) is 0 Å². The Bertz CT molecular complexity index is 460. The van der Waals surface area contributed by atoms with Crippen molar-refractivity contribution in [2.75, 3.05) is 0 Å². The number of rotatable bonds is 4. The van der Waals surface area contributed by atoms with Crippen LogP contribution in [-0.4, -0.2) is 12.6 Å². The summed E-state index contributed by atoms with van der Waals surface area (Å²) in [5.74, 6) is 0.713. The Hall–Kier alpha value is -1.77. The van der Waals surface area contributed by atoms with E-state index >= 15 is 0 Å². The summed E-state index contributed by atoms with van der Waals surface area (Å²) in [5, 5.41) is 0.